The van der Waals surface area contributed by atoms with Crippen LogP contribution in [0.25, 0.3) is 0 Å². The van der Waals surface area contributed by atoms with Crippen LogP contribution in [0.4, 0.5) is 0 Å². The Morgan fingerprint density at radius 3 is 2.69 bits per heavy atom. The molecule has 0 bridgehead atoms. The molecule has 0 aromatic heterocycles. The fourth-order valence-electron chi connectivity index (χ4n) is 1.96. The maximum Gasteiger partial charge on any atom is 0.320 e. The molecule has 1 heterocycles. The van der Waals surface area contributed by atoms with Crippen LogP contribution in [0.2, 0.25) is 0 Å². The molecule has 92 valence electrons. The van der Waals surface area contributed by atoms with Crippen LogP contribution in [-0.2, 0) is 14.3 Å². The average molecular weight is 228 g/mol. The highest BCUT2D eigenvalue weighted by Gasteiger charge is 2.34. The maximum absolute atomic E-state index is 11.8. The number of rotatable bonds is 5. The molecule has 1 rings (SSSR count). The number of amides is 1. The van der Waals surface area contributed by atoms with E-state index < -0.39 is 0 Å². The fourth-order valence-corrected chi connectivity index (χ4v) is 1.96. The smallest absolute Gasteiger partial charge is 0.320 e. The zero-order chi connectivity index (χ0) is 12.1. The van der Waals surface area contributed by atoms with Crippen LogP contribution in [-0.4, -0.2) is 61.0 Å². The Morgan fingerprint density at radius 2 is 2.25 bits per heavy atom. The molecule has 5 nitrogen and oxygen atoms in total. The molecule has 0 radical (unpaired) electrons. The van der Waals surface area contributed by atoms with Crippen molar-refractivity contribution in [2.24, 2.45) is 0 Å². The van der Waals surface area contributed by atoms with Crippen LogP contribution in [0, 0.1) is 0 Å². The van der Waals surface area contributed by atoms with Gasteiger partial charge in [-0.3, -0.25) is 14.5 Å². The monoisotopic (exact) mass is 228 g/mol. The molecule has 0 spiro atoms. The number of hydrogen-bond donors (Lipinski definition) is 0. The zero-order valence-corrected chi connectivity index (χ0v) is 10.2. The second kappa shape index (κ2) is 5.84. The summed E-state index contributed by atoms with van der Waals surface area (Å²) in [6.45, 7) is 5.77. The first-order valence-corrected chi connectivity index (χ1v) is 5.74. The van der Waals surface area contributed by atoms with Crippen molar-refractivity contribution in [3.05, 3.63) is 0 Å². The van der Waals surface area contributed by atoms with Gasteiger partial charge >= 0.3 is 5.97 Å². The second-order valence-electron chi connectivity index (χ2n) is 3.93. The Hall–Kier alpha value is -1.10. The predicted molar refractivity (Wildman–Crippen MR) is 59.9 cm³/mol. The van der Waals surface area contributed by atoms with E-state index >= 15 is 0 Å². The Balaban J connectivity index is 2.54. The molecular weight excluding hydrogens is 208 g/mol. The molecule has 1 aliphatic heterocycles. The lowest BCUT2D eigenvalue weighted by Gasteiger charge is -2.24. The molecule has 0 aliphatic carbocycles. The van der Waals surface area contributed by atoms with Crippen molar-refractivity contribution in [2.75, 3.05) is 33.3 Å². The largest absolute Gasteiger partial charge is 0.465 e. The molecule has 5 heteroatoms. The van der Waals surface area contributed by atoms with Crippen molar-refractivity contribution >= 4 is 11.9 Å². The van der Waals surface area contributed by atoms with Gasteiger partial charge in [0.15, 0.2) is 0 Å². The molecule has 0 N–H and O–H groups in total. The van der Waals surface area contributed by atoms with E-state index in [1.165, 1.54) is 0 Å². The SMILES string of the molecule is CCOC(=O)CN(CC)C1CCN(C)C1=O. The topological polar surface area (TPSA) is 49.9 Å². The normalized spacial score (nSPS) is 20.6. The minimum atomic E-state index is -0.258. The van der Waals surface area contributed by atoms with Gasteiger partial charge in [0, 0.05) is 13.6 Å². The maximum atomic E-state index is 11.8. The van der Waals surface area contributed by atoms with Crippen molar-refractivity contribution in [1.82, 2.24) is 9.80 Å². The van der Waals surface area contributed by atoms with Gasteiger partial charge in [0.1, 0.15) is 0 Å². The van der Waals surface area contributed by atoms with E-state index in [0.717, 1.165) is 13.0 Å². The lowest BCUT2D eigenvalue weighted by atomic mass is 10.2. The molecule has 1 fully saturated rings. The Morgan fingerprint density at radius 1 is 1.56 bits per heavy atom. The predicted octanol–water partition coefficient (Wildman–Crippen LogP) is 0.102. The number of ether oxygens (including phenoxy) is 1. The second-order valence-corrected chi connectivity index (χ2v) is 3.93. The number of carbonyl (C=O) groups excluding carboxylic acids is 2. The molecule has 0 saturated carbocycles. The minimum Gasteiger partial charge on any atom is -0.465 e. The summed E-state index contributed by atoms with van der Waals surface area (Å²) in [5.74, 6) is -0.155. The van der Waals surface area contributed by atoms with Gasteiger partial charge in [-0.2, -0.15) is 0 Å². The fraction of sp³-hybridized carbons (Fsp3) is 0.818. The number of likely N-dealkylation sites (N-methyl/N-ethyl adjacent to an activating group) is 2. The third-order valence-electron chi connectivity index (χ3n) is 2.88. The van der Waals surface area contributed by atoms with Gasteiger partial charge in [-0.15, -0.1) is 0 Å². The third kappa shape index (κ3) is 2.95. The summed E-state index contributed by atoms with van der Waals surface area (Å²) >= 11 is 0. The Bertz CT molecular complexity index is 268. The van der Waals surface area contributed by atoms with Crippen LogP contribution < -0.4 is 0 Å². The summed E-state index contributed by atoms with van der Waals surface area (Å²) < 4.78 is 4.89. The summed E-state index contributed by atoms with van der Waals surface area (Å²) in [7, 11) is 1.79. The van der Waals surface area contributed by atoms with Gasteiger partial charge < -0.3 is 9.64 Å². The quantitative estimate of drug-likeness (QED) is 0.626. The highest BCUT2D eigenvalue weighted by molar-refractivity contribution is 5.84. The number of hydrogen-bond acceptors (Lipinski definition) is 4. The Labute approximate surface area is 96.3 Å². The van der Waals surface area contributed by atoms with Gasteiger partial charge in [0.05, 0.1) is 19.2 Å². The van der Waals surface area contributed by atoms with Crippen molar-refractivity contribution in [2.45, 2.75) is 26.3 Å². The first-order chi connectivity index (χ1) is 7.60. The van der Waals surface area contributed by atoms with Crippen LogP contribution >= 0.6 is 0 Å². The summed E-state index contributed by atoms with van der Waals surface area (Å²) in [6.07, 6.45) is 0.794. The highest BCUT2D eigenvalue weighted by atomic mass is 16.5. The highest BCUT2D eigenvalue weighted by Crippen LogP contribution is 2.15. The first kappa shape index (κ1) is 13.0. The van der Waals surface area contributed by atoms with E-state index in [0.29, 0.717) is 13.2 Å². The van der Waals surface area contributed by atoms with Crippen molar-refractivity contribution in [3.8, 4) is 0 Å². The molecule has 1 unspecified atom stereocenters. The Kier molecular flexibility index (Phi) is 4.73. The molecule has 1 aliphatic rings. The summed E-state index contributed by atoms with van der Waals surface area (Å²) in [5, 5.41) is 0. The van der Waals surface area contributed by atoms with E-state index in [-0.39, 0.29) is 24.5 Å². The summed E-state index contributed by atoms with van der Waals surface area (Å²) in [5.41, 5.74) is 0. The standard InChI is InChI=1S/C11H20N2O3/c1-4-13(8-10(14)16-5-2)9-6-7-12(3)11(9)15/h9H,4-8H2,1-3H3. The molecular formula is C11H20N2O3. The van der Waals surface area contributed by atoms with E-state index in [4.69, 9.17) is 4.74 Å². The lowest BCUT2D eigenvalue weighted by Crippen LogP contribution is -2.43. The van der Waals surface area contributed by atoms with Gasteiger partial charge in [0.2, 0.25) is 5.91 Å². The molecule has 1 saturated heterocycles. The van der Waals surface area contributed by atoms with Gasteiger partial charge in [-0.05, 0) is 19.9 Å². The molecule has 1 atom stereocenters. The van der Waals surface area contributed by atoms with E-state index in [1.54, 1.807) is 18.9 Å². The van der Waals surface area contributed by atoms with Crippen LogP contribution in [0.5, 0.6) is 0 Å². The summed E-state index contributed by atoms with van der Waals surface area (Å²) in [4.78, 5) is 26.7. The minimum absolute atomic E-state index is 0.103. The van der Waals surface area contributed by atoms with Crippen LogP contribution in [0.15, 0.2) is 0 Å². The van der Waals surface area contributed by atoms with Crippen LogP contribution in [0.3, 0.4) is 0 Å². The van der Waals surface area contributed by atoms with Gasteiger partial charge in [0.25, 0.3) is 0 Å². The van der Waals surface area contributed by atoms with Crippen molar-refractivity contribution < 1.29 is 14.3 Å². The number of esters is 1. The van der Waals surface area contributed by atoms with E-state index in [9.17, 15) is 9.59 Å². The summed E-state index contributed by atoms with van der Waals surface area (Å²) in [6, 6.07) is -0.153. The molecule has 1 amide bonds. The van der Waals surface area contributed by atoms with E-state index in [1.807, 2.05) is 11.8 Å². The average Bonchev–Trinajstić information content (AvgIpc) is 2.57. The van der Waals surface area contributed by atoms with Gasteiger partial charge in [-0.1, -0.05) is 6.92 Å². The molecule has 0 aromatic rings. The number of nitrogens with zero attached hydrogens (tertiary/aromatic N) is 2. The lowest BCUT2D eigenvalue weighted by molar-refractivity contribution is -0.145. The molecule has 0 aromatic carbocycles. The van der Waals surface area contributed by atoms with Crippen molar-refractivity contribution in [3.63, 3.8) is 0 Å². The van der Waals surface area contributed by atoms with Crippen molar-refractivity contribution in [1.29, 1.82) is 0 Å². The zero-order valence-electron chi connectivity index (χ0n) is 10.2. The van der Waals surface area contributed by atoms with E-state index in [2.05, 4.69) is 0 Å². The molecule has 16 heavy (non-hydrogen) atoms. The van der Waals surface area contributed by atoms with Gasteiger partial charge in [-0.25, -0.2) is 0 Å². The number of carbonyl (C=O) groups is 2. The number of likely N-dealkylation sites (tertiary alicyclic amines) is 1. The third-order valence-corrected chi connectivity index (χ3v) is 2.88. The first-order valence-electron chi connectivity index (χ1n) is 5.74. The van der Waals surface area contributed by atoms with Crippen LogP contribution in [0.1, 0.15) is 20.3 Å².